The van der Waals surface area contributed by atoms with Gasteiger partial charge in [-0.1, -0.05) is 84.0 Å². The lowest BCUT2D eigenvalue weighted by Gasteiger charge is -2.32. The van der Waals surface area contributed by atoms with Crippen LogP contribution >= 0.6 is 0 Å². The van der Waals surface area contributed by atoms with Crippen LogP contribution in [0.1, 0.15) is 96.8 Å². The number of carbonyl (C=O) groups is 1. The van der Waals surface area contributed by atoms with Crippen LogP contribution in [0.3, 0.4) is 0 Å². The van der Waals surface area contributed by atoms with Crippen LogP contribution in [0, 0.1) is 0 Å². The van der Waals surface area contributed by atoms with Gasteiger partial charge in [0.25, 0.3) is 0 Å². The summed E-state index contributed by atoms with van der Waals surface area (Å²) in [6.45, 7) is 1.69. The minimum absolute atomic E-state index is 0.129. The molecule has 1 aliphatic heterocycles. The van der Waals surface area contributed by atoms with Gasteiger partial charge in [0.05, 0.1) is 6.61 Å². The van der Waals surface area contributed by atoms with Gasteiger partial charge in [-0.15, -0.1) is 0 Å². The summed E-state index contributed by atoms with van der Waals surface area (Å²) in [4.78, 5) is 25.8. The number of rotatable bonds is 17. The third kappa shape index (κ3) is 6.40. The van der Waals surface area contributed by atoms with E-state index in [1.807, 2.05) is 0 Å². The van der Waals surface area contributed by atoms with Gasteiger partial charge in [-0.2, -0.15) is 0 Å². The van der Waals surface area contributed by atoms with E-state index in [0.29, 0.717) is 6.42 Å². The Balaban J connectivity index is 1.51. The van der Waals surface area contributed by atoms with E-state index >= 15 is 0 Å². The maximum Gasteiger partial charge on any atom is 0.236 e. The fourth-order valence-electron chi connectivity index (χ4n) is 5.09. The van der Waals surface area contributed by atoms with E-state index in [1.165, 1.54) is 75.0 Å². The highest BCUT2D eigenvalue weighted by Gasteiger charge is 2.60. The number of fused-ring (bicyclic) bond motifs is 1. The predicted molar refractivity (Wildman–Crippen MR) is 137 cm³/mol. The van der Waals surface area contributed by atoms with Crippen LogP contribution in [-0.2, 0) is 15.3 Å². The molecular formula is C26H43N5O5. The number of aliphatic hydroxyl groups is 3. The first-order chi connectivity index (χ1) is 17.5. The van der Waals surface area contributed by atoms with Gasteiger partial charge in [0.2, 0.25) is 5.72 Å². The molecule has 36 heavy (non-hydrogen) atoms. The van der Waals surface area contributed by atoms with Gasteiger partial charge in [-0.05, 0) is 6.42 Å². The van der Waals surface area contributed by atoms with Gasteiger partial charge in [0.15, 0.2) is 17.2 Å². The lowest BCUT2D eigenvalue weighted by Crippen LogP contribution is -2.51. The summed E-state index contributed by atoms with van der Waals surface area (Å²) in [7, 11) is 0. The van der Waals surface area contributed by atoms with Crippen LogP contribution < -0.4 is 5.73 Å². The van der Waals surface area contributed by atoms with Crippen molar-refractivity contribution in [1.82, 2.24) is 19.5 Å². The zero-order chi connectivity index (χ0) is 26.0. The molecule has 10 nitrogen and oxygen atoms in total. The molecule has 0 aromatic carbocycles. The van der Waals surface area contributed by atoms with Crippen LogP contribution in [0.2, 0.25) is 0 Å². The highest BCUT2D eigenvalue weighted by atomic mass is 16.6. The normalized spacial score (nSPS) is 24.1. The first-order valence-electron chi connectivity index (χ1n) is 13.6. The smallest absolute Gasteiger partial charge is 0.236 e. The van der Waals surface area contributed by atoms with Crippen molar-refractivity contribution < 1.29 is 24.9 Å². The third-order valence-electron chi connectivity index (χ3n) is 7.24. The Hall–Kier alpha value is -2.14. The fraction of sp³-hybridized carbons (Fsp3) is 0.769. The molecule has 202 valence electrons. The minimum Gasteiger partial charge on any atom is -0.394 e. The Morgan fingerprint density at radius 1 is 0.972 bits per heavy atom. The first-order valence-corrected chi connectivity index (χ1v) is 13.6. The number of anilines is 1. The summed E-state index contributed by atoms with van der Waals surface area (Å²) < 4.78 is 7.18. The predicted octanol–water partition coefficient (Wildman–Crippen LogP) is 3.22. The van der Waals surface area contributed by atoms with Crippen LogP contribution in [0.15, 0.2) is 12.7 Å². The summed E-state index contributed by atoms with van der Waals surface area (Å²) in [5.74, 6) is -0.269. The van der Waals surface area contributed by atoms with Crippen molar-refractivity contribution in [2.24, 2.45) is 0 Å². The quantitative estimate of drug-likeness (QED) is 0.237. The van der Waals surface area contributed by atoms with Crippen molar-refractivity contribution in [3.63, 3.8) is 0 Å². The van der Waals surface area contributed by atoms with Crippen LogP contribution in [0.4, 0.5) is 5.82 Å². The molecule has 1 fully saturated rings. The van der Waals surface area contributed by atoms with Gasteiger partial charge in [0, 0.05) is 6.42 Å². The zero-order valence-electron chi connectivity index (χ0n) is 21.5. The van der Waals surface area contributed by atoms with Crippen molar-refractivity contribution in [3.8, 4) is 0 Å². The SMILES string of the molecule is CCCCCCCCCCCCCCCC(=O)[C@@]1(n2cnc3c(N)ncnc32)O[C@H](CO)[C@@H](O)[C@H]1O. The third-order valence-corrected chi connectivity index (χ3v) is 7.24. The summed E-state index contributed by atoms with van der Waals surface area (Å²) in [5.41, 5.74) is 4.42. The van der Waals surface area contributed by atoms with Crippen molar-refractivity contribution >= 4 is 22.8 Å². The van der Waals surface area contributed by atoms with Crippen LogP contribution in [0.25, 0.3) is 11.2 Å². The number of hydrogen-bond acceptors (Lipinski definition) is 9. The van der Waals surface area contributed by atoms with Gasteiger partial charge >= 0.3 is 0 Å². The number of unbranched alkanes of at least 4 members (excludes halogenated alkanes) is 12. The Morgan fingerprint density at radius 3 is 2.11 bits per heavy atom. The van der Waals surface area contributed by atoms with E-state index in [1.54, 1.807) is 0 Å². The van der Waals surface area contributed by atoms with Gasteiger partial charge in [-0.25, -0.2) is 15.0 Å². The van der Waals surface area contributed by atoms with E-state index in [-0.39, 0.29) is 23.4 Å². The molecule has 0 spiro atoms. The van der Waals surface area contributed by atoms with Crippen molar-refractivity contribution in [2.45, 2.75) is 121 Å². The molecule has 5 N–H and O–H groups in total. The van der Waals surface area contributed by atoms with Crippen molar-refractivity contribution in [1.29, 1.82) is 0 Å². The average Bonchev–Trinajstić information content (AvgIpc) is 3.42. The number of aliphatic hydroxyl groups excluding tert-OH is 3. The molecule has 0 unspecified atom stereocenters. The molecular weight excluding hydrogens is 462 g/mol. The summed E-state index contributed by atoms with van der Waals surface area (Å²) in [6.07, 6.45) is 14.0. The molecule has 1 aliphatic rings. The highest BCUT2D eigenvalue weighted by Crippen LogP contribution is 2.39. The number of hydrogen-bond donors (Lipinski definition) is 4. The molecule has 2 aromatic rings. The Morgan fingerprint density at radius 2 is 1.56 bits per heavy atom. The minimum atomic E-state index is -1.94. The number of imidazole rings is 1. The van der Waals surface area contributed by atoms with E-state index in [4.69, 9.17) is 10.5 Å². The summed E-state index contributed by atoms with van der Waals surface area (Å²) >= 11 is 0. The topological polar surface area (TPSA) is 157 Å². The number of carbonyl (C=O) groups excluding carboxylic acids is 1. The molecule has 0 amide bonds. The van der Waals surface area contributed by atoms with Crippen molar-refractivity contribution in [3.05, 3.63) is 12.7 Å². The van der Waals surface area contributed by atoms with E-state index < -0.39 is 36.4 Å². The van der Waals surface area contributed by atoms with E-state index in [0.717, 1.165) is 19.3 Å². The second-order valence-corrected chi connectivity index (χ2v) is 9.93. The second-order valence-electron chi connectivity index (χ2n) is 9.93. The Labute approximate surface area is 213 Å². The lowest BCUT2D eigenvalue weighted by atomic mass is 9.94. The number of nitrogen functional groups attached to an aromatic ring is 1. The van der Waals surface area contributed by atoms with Gasteiger partial charge < -0.3 is 25.8 Å². The van der Waals surface area contributed by atoms with Crippen LogP contribution in [-0.4, -0.2) is 65.5 Å². The standard InChI is InChI=1S/C26H43N5O5/c1-2-3-4-5-6-7-8-9-10-11-12-13-14-15-20(33)26(23(35)22(34)19(16-32)36-26)31-18-30-21-24(27)28-17-29-25(21)31/h17-19,22-23,32,34-35H,2-16H2,1H3,(H2,27,28,29)/t19-,22-,23-,26-/m1/s1. The number of ether oxygens (including phenoxy) is 1. The second kappa shape index (κ2) is 14.0. The molecule has 0 bridgehead atoms. The van der Waals surface area contributed by atoms with Gasteiger partial charge in [0.1, 0.15) is 36.5 Å². The number of nitrogens with zero attached hydrogens (tertiary/aromatic N) is 4. The largest absolute Gasteiger partial charge is 0.394 e. The van der Waals surface area contributed by atoms with E-state index in [2.05, 4.69) is 21.9 Å². The molecule has 3 rings (SSSR count). The monoisotopic (exact) mass is 505 g/mol. The fourth-order valence-corrected chi connectivity index (χ4v) is 5.09. The molecule has 10 heteroatoms. The maximum absolute atomic E-state index is 13.5. The lowest BCUT2D eigenvalue weighted by molar-refractivity contribution is -0.174. The Bertz CT molecular complexity index is 954. The zero-order valence-corrected chi connectivity index (χ0v) is 21.5. The van der Waals surface area contributed by atoms with Crippen molar-refractivity contribution in [2.75, 3.05) is 12.3 Å². The molecule has 2 aromatic heterocycles. The summed E-state index contributed by atoms with van der Waals surface area (Å²) in [5, 5.41) is 31.1. The Kier molecular flexibility index (Phi) is 11.0. The number of ketones is 1. The molecule has 4 atom stereocenters. The van der Waals surface area contributed by atoms with Crippen LogP contribution in [0.5, 0.6) is 0 Å². The van der Waals surface area contributed by atoms with E-state index in [9.17, 15) is 20.1 Å². The summed E-state index contributed by atoms with van der Waals surface area (Å²) in [6, 6.07) is 0. The maximum atomic E-state index is 13.5. The molecule has 0 radical (unpaired) electrons. The number of Topliss-reactive ketones (excluding diaryl/α,β-unsaturated/α-hetero) is 1. The first kappa shape index (κ1) is 28.4. The number of aromatic nitrogens is 4. The molecule has 3 heterocycles. The molecule has 0 saturated carbocycles. The molecule has 1 saturated heterocycles. The molecule has 0 aliphatic carbocycles. The average molecular weight is 506 g/mol. The van der Waals surface area contributed by atoms with Gasteiger partial charge in [-0.3, -0.25) is 9.36 Å². The number of nitrogens with two attached hydrogens (primary N) is 1. The highest BCUT2D eigenvalue weighted by molar-refractivity contribution is 5.89.